The molecular weight excluding hydrogens is 326 g/mol. The molecule has 0 aromatic heterocycles. The van der Waals surface area contributed by atoms with Gasteiger partial charge in [-0.25, -0.2) is 8.78 Å². The maximum Gasteiger partial charge on any atom is 0.319 e. The van der Waals surface area contributed by atoms with Gasteiger partial charge in [0, 0.05) is 10.5 Å². The van der Waals surface area contributed by atoms with E-state index in [1.807, 2.05) is 24.3 Å². The van der Waals surface area contributed by atoms with Crippen LogP contribution in [0.3, 0.4) is 0 Å². The van der Waals surface area contributed by atoms with Crippen LogP contribution >= 0.6 is 15.9 Å². The van der Waals surface area contributed by atoms with Crippen molar-refractivity contribution in [3.8, 4) is 0 Å². The van der Waals surface area contributed by atoms with Crippen LogP contribution in [0.25, 0.3) is 0 Å². The summed E-state index contributed by atoms with van der Waals surface area (Å²) in [6.07, 6.45) is -2.19. The molecule has 1 saturated carbocycles. The summed E-state index contributed by atoms with van der Waals surface area (Å²) in [5.74, 6) is -3.62. The van der Waals surface area contributed by atoms with Crippen molar-refractivity contribution >= 4 is 15.9 Å². The zero-order valence-corrected chi connectivity index (χ0v) is 11.6. The molecule has 2 rings (SSSR count). The molecular formula is C13H14BrF4N. The highest BCUT2D eigenvalue weighted by Gasteiger charge is 2.42. The number of rotatable bonds is 5. The van der Waals surface area contributed by atoms with Gasteiger partial charge in [-0.3, -0.25) is 0 Å². The Kier molecular flexibility index (Phi) is 4.50. The van der Waals surface area contributed by atoms with Crippen molar-refractivity contribution < 1.29 is 17.6 Å². The molecule has 0 aliphatic heterocycles. The Morgan fingerprint density at radius 1 is 1.21 bits per heavy atom. The Hall–Kier alpha value is -0.620. The van der Waals surface area contributed by atoms with Crippen LogP contribution in [0.1, 0.15) is 24.3 Å². The highest BCUT2D eigenvalue weighted by molar-refractivity contribution is 9.10. The highest BCUT2D eigenvalue weighted by Crippen LogP contribution is 2.37. The van der Waals surface area contributed by atoms with Crippen molar-refractivity contribution in [1.29, 1.82) is 0 Å². The fourth-order valence-corrected chi connectivity index (χ4v) is 2.41. The van der Waals surface area contributed by atoms with E-state index in [4.69, 9.17) is 0 Å². The predicted octanol–water partition coefficient (Wildman–Crippen LogP) is 4.19. The molecule has 6 heteroatoms. The number of benzene rings is 1. The monoisotopic (exact) mass is 339 g/mol. The molecule has 0 atom stereocenters. The summed E-state index contributed by atoms with van der Waals surface area (Å²) < 4.78 is 50.4. The fraction of sp³-hybridized carbons (Fsp3) is 0.538. The van der Waals surface area contributed by atoms with Gasteiger partial charge in [0.15, 0.2) is 0 Å². The van der Waals surface area contributed by atoms with Crippen molar-refractivity contribution in [2.75, 3.05) is 6.54 Å². The number of hydrogen-bond acceptors (Lipinski definition) is 1. The van der Waals surface area contributed by atoms with E-state index in [0.29, 0.717) is 18.8 Å². The number of hydrogen-bond donors (Lipinski definition) is 1. The summed E-state index contributed by atoms with van der Waals surface area (Å²) >= 11 is 3.34. The quantitative estimate of drug-likeness (QED) is 0.793. The molecule has 0 saturated heterocycles. The second-order valence-electron chi connectivity index (χ2n) is 4.86. The lowest BCUT2D eigenvalue weighted by Crippen LogP contribution is -2.47. The van der Waals surface area contributed by atoms with E-state index < -0.39 is 18.9 Å². The van der Waals surface area contributed by atoms with Crippen LogP contribution in [-0.4, -0.2) is 24.9 Å². The first-order valence-electron chi connectivity index (χ1n) is 6.03. The van der Waals surface area contributed by atoms with Crippen LogP contribution in [0.5, 0.6) is 0 Å². The van der Waals surface area contributed by atoms with Crippen molar-refractivity contribution in [3.05, 3.63) is 34.3 Å². The van der Waals surface area contributed by atoms with Gasteiger partial charge in [-0.15, -0.1) is 0 Å². The molecule has 1 aromatic rings. The zero-order valence-electron chi connectivity index (χ0n) is 10.1. The lowest BCUT2D eigenvalue weighted by atomic mass is 9.76. The van der Waals surface area contributed by atoms with Crippen molar-refractivity contribution in [2.24, 2.45) is 0 Å². The minimum Gasteiger partial charge on any atom is -0.308 e. The Bertz CT molecular complexity index is 415. The molecule has 1 aliphatic rings. The van der Waals surface area contributed by atoms with Gasteiger partial charge in [0.1, 0.15) is 0 Å². The topological polar surface area (TPSA) is 12.0 Å². The first-order valence-corrected chi connectivity index (χ1v) is 6.82. The maximum atomic E-state index is 12.7. The summed E-state index contributed by atoms with van der Waals surface area (Å²) in [4.78, 5) is 0. The Morgan fingerprint density at radius 2 is 1.79 bits per heavy atom. The van der Waals surface area contributed by atoms with E-state index in [1.165, 1.54) is 0 Å². The van der Waals surface area contributed by atoms with Gasteiger partial charge in [-0.2, -0.15) is 8.78 Å². The summed E-state index contributed by atoms with van der Waals surface area (Å²) in [6.45, 7) is -0.956. The van der Waals surface area contributed by atoms with Crippen molar-refractivity contribution in [2.45, 2.75) is 37.1 Å². The normalized spacial score (nSPS) is 23.5. The smallest absolute Gasteiger partial charge is 0.308 e. The first kappa shape index (κ1) is 14.8. The summed E-state index contributed by atoms with van der Waals surface area (Å²) in [5.41, 5.74) is 1.15. The van der Waals surface area contributed by atoms with Gasteiger partial charge in [0.25, 0.3) is 0 Å². The minimum atomic E-state index is -3.94. The van der Waals surface area contributed by atoms with Crippen LogP contribution in [0.15, 0.2) is 28.7 Å². The van der Waals surface area contributed by atoms with Crippen LogP contribution in [0, 0.1) is 0 Å². The Labute approximate surface area is 117 Å². The number of halogens is 5. The van der Waals surface area contributed by atoms with E-state index >= 15 is 0 Å². The van der Waals surface area contributed by atoms with Gasteiger partial charge in [0.2, 0.25) is 0 Å². The molecule has 0 heterocycles. The molecule has 106 valence electrons. The minimum absolute atomic E-state index is 0.0988. The third-order valence-corrected chi connectivity index (χ3v) is 3.95. The molecule has 19 heavy (non-hydrogen) atoms. The van der Waals surface area contributed by atoms with Gasteiger partial charge in [-0.1, -0.05) is 28.1 Å². The van der Waals surface area contributed by atoms with Crippen molar-refractivity contribution in [1.82, 2.24) is 5.32 Å². The SMILES string of the molecule is FC(F)C(F)(F)CNC1CC(c2ccc(Br)cc2)C1. The van der Waals surface area contributed by atoms with E-state index in [9.17, 15) is 17.6 Å². The van der Waals surface area contributed by atoms with Crippen LogP contribution in [0.4, 0.5) is 17.6 Å². The van der Waals surface area contributed by atoms with Gasteiger partial charge in [-0.05, 0) is 36.5 Å². The van der Waals surface area contributed by atoms with Crippen LogP contribution in [-0.2, 0) is 0 Å². The predicted molar refractivity (Wildman–Crippen MR) is 68.9 cm³/mol. The number of alkyl halides is 4. The van der Waals surface area contributed by atoms with Gasteiger partial charge in [0.05, 0.1) is 6.54 Å². The van der Waals surface area contributed by atoms with Crippen molar-refractivity contribution in [3.63, 3.8) is 0 Å². The van der Waals surface area contributed by atoms with E-state index in [1.54, 1.807) is 0 Å². The largest absolute Gasteiger partial charge is 0.319 e. The maximum absolute atomic E-state index is 12.7. The number of nitrogens with one attached hydrogen (secondary N) is 1. The summed E-state index contributed by atoms with van der Waals surface area (Å²) in [5, 5.41) is 2.51. The molecule has 0 spiro atoms. The molecule has 1 nitrogen and oxygen atoms in total. The third-order valence-electron chi connectivity index (χ3n) is 3.43. The van der Waals surface area contributed by atoms with Crippen LogP contribution in [0.2, 0.25) is 0 Å². The second-order valence-corrected chi connectivity index (χ2v) is 5.78. The molecule has 1 N–H and O–H groups in total. The lowest BCUT2D eigenvalue weighted by Gasteiger charge is -2.37. The molecule has 0 radical (unpaired) electrons. The molecule has 1 aliphatic carbocycles. The summed E-state index contributed by atoms with van der Waals surface area (Å²) in [7, 11) is 0. The third kappa shape index (κ3) is 3.69. The van der Waals surface area contributed by atoms with Crippen LogP contribution < -0.4 is 5.32 Å². The molecule has 1 aromatic carbocycles. The molecule has 0 amide bonds. The molecule has 0 unspecified atom stereocenters. The van der Waals surface area contributed by atoms with Gasteiger partial charge >= 0.3 is 12.3 Å². The van der Waals surface area contributed by atoms with E-state index in [-0.39, 0.29) is 6.04 Å². The first-order chi connectivity index (χ1) is 8.88. The molecule has 0 bridgehead atoms. The molecule has 1 fully saturated rings. The second kappa shape index (κ2) is 5.79. The van der Waals surface area contributed by atoms with E-state index in [0.717, 1.165) is 10.0 Å². The standard InChI is InChI=1S/C13H14BrF4N/c14-10-3-1-8(2-4-10)9-5-11(6-9)19-7-13(17,18)12(15)16/h1-4,9,11-12,19H,5-7H2. The Balaban J connectivity index is 1.76. The average molecular weight is 340 g/mol. The average Bonchev–Trinajstić information content (AvgIpc) is 2.29. The van der Waals surface area contributed by atoms with E-state index in [2.05, 4.69) is 21.2 Å². The van der Waals surface area contributed by atoms with Gasteiger partial charge < -0.3 is 5.32 Å². The lowest BCUT2D eigenvalue weighted by molar-refractivity contribution is -0.127. The zero-order chi connectivity index (χ0) is 14.0. The summed E-state index contributed by atoms with van der Waals surface area (Å²) in [6, 6.07) is 7.73. The Morgan fingerprint density at radius 3 is 2.32 bits per heavy atom. The fourth-order valence-electron chi connectivity index (χ4n) is 2.15. The highest BCUT2D eigenvalue weighted by atomic mass is 79.9.